The van der Waals surface area contributed by atoms with Crippen LogP contribution in [0.5, 0.6) is 11.8 Å². The van der Waals surface area contributed by atoms with Gasteiger partial charge in [0.15, 0.2) is 5.13 Å². The molecule has 0 spiro atoms. The van der Waals surface area contributed by atoms with Crippen LogP contribution in [0, 0.1) is 12.3 Å². The van der Waals surface area contributed by atoms with Crippen LogP contribution in [-0.2, 0) is 4.79 Å². The molecule has 0 bridgehead atoms. The number of benzene rings is 1. The molecule has 1 fully saturated rings. The molecule has 1 atom stereocenters. The van der Waals surface area contributed by atoms with Crippen molar-refractivity contribution in [3.63, 3.8) is 0 Å². The van der Waals surface area contributed by atoms with Gasteiger partial charge in [-0.25, -0.2) is 15.0 Å². The molecule has 6 rings (SSSR count). The number of carbonyl (C=O) groups is 3. The molecule has 1 saturated carbocycles. The number of pyridine rings is 2. The molecule has 10 nitrogen and oxygen atoms in total. The van der Waals surface area contributed by atoms with Gasteiger partial charge in [0, 0.05) is 54.0 Å². The number of rotatable bonds is 7. The maximum Gasteiger partial charge on any atom is 0.263 e. The smallest absolute Gasteiger partial charge is 0.263 e. The summed E-state index contributed by atoms with van der Waals surface area (Å²) in [6, 6.07) is 15.2. The molecule has 220 valence electrons. The summed E-state index contributed by atoms with van der Waals surface area (Å²) in [6.07, 6.45) is 3.47. The first-order valence-electron chi connectivity index (χ1n) is 14.1. The van der Waals surface area contributed by atoms with Crippen molar-refractivity contribution in [3.8, 4) is 23.0 Å². The fourth-order valence-corrected chi connectivity index (χ4v) is 5.86. The predicted molar refractivity (Wildman–Crippen MR) is 164 cm³/mol. The Hall–Kier alpha value is -4.64. The lowest BCUT2D eigenvalue weighted by atomic mass is 9.70. The van der Waals surface area contributed by atoms with E-state index in [0.717, 1.165) is 46.6 Å². The molecule has 1 aliphatic heterocycles. The van der Waals surface area contributed by atoms with E-state index in [2.05, 4.69) is 20.6 Å². The van der Waals surface area contributed by atoms with Gasteiger partial charge < -0.3 is 20.3 Å². The van der Waals surface area contributed by atoms with Gasteiger partial charge in [-0.3, -0.25) is 14.4 Å². The number of aromatic nitrogens is 3. The molecule has 0 radical (unpaired) electrons. The molecule has 1 aromatic carbocycles. The first-order chi connectivity index (χ1) is 20.5. The number of amides is 3. The van der Waals surface area contributed by atoms with E-state index < -0.39 is 11.3 Å². The van der Waals surface area contributed by atoms with Gasteiger partial charge in [0.05, 0.1) is 17.3 Å². The molecule has 43 heavy (non-hydrogen) atoms. The van der Waals surface area contributed by atoms with Crippen molar-refractivity contribution in [2.24, 2.45) is 5.41 Å². The zero-order valence-electron chi connectivity index (χ0n) is 24.6. The van der Waals surface area contributed by atoms with E-state index >= 15 is 0 Å². The number of ether oxygens (including phenoxy) is 1. The number of thiazole rings is 1. The molecule has 3 amide bonds. The van der Waals surface area contributed by atoms with E-state index in [0.29, 0.717) is 33.0 Å². The molecule has 4 aromatic rings. The number of nitrogens with one attached hydrogen (secondary N) is 2. The van der Waals surface area contributed by atoms with Crippen LogP contribution in [0.25, 0.3) is 11.3 Å². The molecule has 4 heterocycles. The van der Waals surface area contributed by atoms with E-state index in [-0.39, 0.29) is 23.8 Å². The van der Waals surface area contributed by atoms with Crippen molar-refractivity contribution in [1.82, 2.24) is 25.2 Å². The summed E-state index contributed by atoms with van der Waals surface area (Å²) in [4.78, 5) is 54.4. The summed E-state index contributed by atoms with van der Waals surface area (Å²) in [6.45, 7) is 5.62. The first kappa shape index (κ1) is 28.5. The van der Waals surface area contributed by atoms with Gasteiger partial charge in [-0.2, -0.15) is 0 Å². The normalized spacial score (nSPS) is 15.5. The number of fused-ring (bicyclic) bond motifs is 2. The van der Waals surface area contributed by atoms with Gasteiger partial charge in [-0.05, 0) is 44.0 Å². The molecule has 0 unspecified atom stereocenters. The van der Waals surface area contributed by atoms with Gasteiger partial charge in [-0.15, -0.1) is 0 Å². The molecule has 11 heteroatoms. The second kappa shape index (κ2) is 10.9. The Morgan fingerprint density at radius 2 is 1.63 bits per heavy atom. The summed E-state index contributed by atoms with van der Waals surface area (Å²) in [7, 11) is 3.43. The number of hydrogen-bond donors (Lipinski definition) is 2. The molecular formula is C32H32N6O4S. The Kier molecular flexibility index (Phi) is 7.21. The highest BCUT2D eigenvalue weighted by molar-refractivity contribution is 7.17. The predicted octanol–water partition coefficient (Wildman–Crippen LogP) is 5.41. The summed E-state index contributed by atoms with van der Waals surface area (Å²) >= 11 is 1.15. The molecule has 2 aliphatic rings. The molecule has 0 saturated heterocycles. The van der Waals surface area contributed by atoms with E-state index in [4.69, 9.17) is 9.72 Å². The van der Waals surface area contributed by atoms with Crippen LogP contribution in [0.3, 0.4) is 0 Å². The third kappa shape index (κ3) is 5.60. The summed E-state index contributed by atoms with van der Waals surface area (Å²) in [5.41, 5.74) is 3.40. The van der Waals surface area contributed by atoms with Crippen LogP contribution in [0.1, 0.15) is 69.5 Å². The van der Waals surface area contributed by atoms with E-state index in [1.807, 2.05) is 57.2 Å². The highest BCUT2D eigenvalue weighted by atomic mass is 32.1. The number of anilines is 1. The maximum atomic E-state index is 13.9. The van der Waals surface area contributed by atoms with Gasteiger partial charge in [-0.1, -0.05) is 49.4 Å². The van der Waals surface area contributed by atoms with Crippen molar-refractivity contribution in [3.05, 3.63) is 82.0 Å². The lowest BCUT2D eigenvalue weighted by molar-refractivity contribution is -0.124. The highest BCUT2D eigenvalue weighted by Crippen LogP contribution is 2.51. The fourth-order valence-electron chi connectivity index (χ4n) is 5.15. The topological polar surface area (TPSA) is 126 Å². The van der Waals surface area contributed by atoms with E-state index in [1.165, 1.54) is 11.1 Å². The summed E-state index contributed by atoms with van der Waals surface area (Å²) in [5.74, 6) is -0.164. The van der Waals surface area contributed by atoms with Gasteiger partial charge in [0.25, 0.3) is 11.8 Å². The summed E-state index contributed by atoms with van der Waals surface area (Å²) < 4.78 is 6.23. The third-order valence-corrected chi connectivity index (χ3v) is 8.65. The minimum Gasteiger partial charge on any atom is -0.420 e. The summed E-state index contributed by atoms with van der Waals surface area (Å²) in [5, 5.41) is 6.24. The number of carbonyl (C=O) groups excluding carboxylic acids is 3. The van der Waals surface area contributed by atoms with Gasteiger partial charge >= 0.3 is 0 Å². The third-order valence-electron chi connectivity index (χ3n) is 7.74. The second-order valence-corrected chi connectivity index (χ2v) is 12.7. The van der Waals surface area contributed by atoms with Crippen molar-refractivity contribution in [2.75, 3.05) is 19.4 Å². The highest BCUT2D eigenvalue weighted by Gasteiger charge is 2.45. The first-order valence-corrected chi connectivity index (χ1v) is 14.9. The van der Waals surface area contributed by atoms with Crippen LogP contribution < -0.4 is 15.4 Å². The maximum absolute atomic E-state index is 13.9. The van der Waals surface area contributed by atoms with Crippen LogP contribution >= 0.6 is 11.3 Å². The largest absolute Gasteiger partial charge is 0.420 e. The van der Waals surface area contributed by atoms with E-state index in [9.17, 15) is 14.4 Å². The Bertz CT molecular complexity index is 1740. The average molecular weight is 597 g/mol. The lowest BCUT2D eigenvalue weighted by Crippen LogP contribution is -2.38. The Labute approximate surface area is 253 Å². The molecular weight excluding hydrogens is 564 g/mol. The standard InChI is InChI=1S/C32H32N6O4S/c1-17-6-13-21-25(32(2,3)30(41)37-31-33-16-24(43-31)26(39)35-20-11-12-20)22-14-15-23(36-28(22)42-27(21)34-17)18-7-9-19(10-8-18)29(40)38(4)5/h6-10,13-16,20,25H,11-12H2,1-5H3,(H,35,39)(H,33,37,41)/t25-/m0/s1. The Balaban J connectivity index is 1.31. The van der Waals surface area contributed by atoms with Crippen molar-refractivity contribution in [2.45, 2.75) is 45.6 Å². The average Bonchev–Trinajstić information content (AvgIpc) is 3.68. The van der Waals surface area contributed by atoms with Gasteiger partial charge in [0.1, 0.15) is 4.88 Å². The zero-order valence-corrected chi connectivity index (χ0v) is 25.4. The van der Waals surface area contributed by atoms with Gasteiger partial charge in [0.2, 0.25) is 17.7 Å². The van der Waals surface area contributed by atoms with E-state index in [1.54, 1.807) is 26.2 Å². The Morgan fingerprint density at radius 1 is 0.953 bits per heavy atom. The number of hydrogen-bond acceptors (Lipinski definition) is 8. The minimum absolute atomic E-state index is 0.0785. The molecule has 2 N–H and O–H groups in total. The fraction of sp³-hybridized carbons (Fsp3) is 0.312. The molecule has 1 aliphatic carbocycles. The SMILES string of the molecule is Cc1ccc2c(n1)Oc1nc(-c3ccc(C(=O)N(C)C)cc3)ccc1[C@H]2C(C)(C)C(=O)Nc1ncc(C(=O)NC2CC2)s1. The Morgan fingerprint density at radius 3 is 2.30 bits per heavy atom. The minimum atomic E-state index is -0.982. The van der Waals surface area contributed by atoms with Crippen LogP contribution in [0.4, 0.5) is 5.13 Å². The quantitative estimate of drug-likeness (QED) is 0.292. The molecule has 3 aromatic heterocycles. The second-order valence-electron chi connectivity index (χ2n) is 11.7. The van der Waals surface area contributed by atoms with Crippen LogP contribution in [-0.4, -0.2) is 57.7 Å². The van der Waals surface area contributed by atoms with Crippen molar-refractivity contribution >= 4 is 34.2 Å². The monoisotopic (exact) mass is 596 g/mol. The number of nitrogens with zero attached hydrogens (tertiary/aromatic N) is 4. The van der Waals surface area contributed by atoms with Crippen LogP contribution in [0.2, 0.25) is 0 Å². The zero-order chi connectivity index (χ0) is 30.5. The van der Waals surface area contributed by atoms with Crippen LogP contribution in [0.15, 0.2) is 54.7 Å². The van der Waals surface area contributed by atoms with Crippen molar-refractivity contribution < 1.29 is 19.1 Å². The number of aryl methyl sites for hydroxylation is 1. The van der Waals surface area contributed by atoms with Crippen molar-refractivity contribution in [1.29, 1.82) is 0 Å². The lowest BCUT2D eigenvalue weighted by Gasteiger charge is -2.37.